The molecule has 1 fully saturated rings. The Morgan fingerprint density at radius 1 is 1.03 bits per heavy atom. The van der Waals surface area contributed by atoms with Crippen LogP contribution in [-0.2, 0) is 10.5 Å². The first-order chi connectivity index (χ1) is 14.2. The van der Waals surface area contributed by atoms with Crippen LogP contribution in [0.5, 0.6) is 0 Å². The van der Waals surface area contributed by atoms with Crippen LogP contribution in [0.25, 0.3) is 11.3 Å². The van der Waals surface area contributed by atoms with Crippen LogP contribution in [0.4, 0.5) is 5.82 Å². The third-order valence-electron chi connectivity index (χ3n) is 4.64. The van der Waals surface area contributed by atoms with Crippen molar-refractivity contribution in [1.29, 1.82) is 0 Å². The molecule has 1 aromatic heterocycles. The zero-order valence-electron chi connectivity index (χ0n) is 15.8. The second-order valence-corrected chi connectivity index (χ2v) is 7.60. The van der Waals surface area contributed by atoms with Crippen LogP contribution < -0.4 is 4.90 Å². The Kier molecular flexibility index (Phi) is 6.07. The fourth-order valence-electron chi connectivity index (χ4n) is 3.13. The SMILES string of the molecule is O=C(O)c1cccc(CSc2nc(-c3ccccc3)cc(N3CCOCC3)n2)c1. The maximum Gasteiger partial charge on any atom is 0.335 e. The summed E-state index contributed by atoms with van der Waals surface area (Å²) in [6.45, 7) is 2.98. The van der Waals surface area contributed by atoms with E-state index in [0.29, 0.717) is 24.1 Å². The minimum Gasteiger partial charge on any atom is -0.478 e. The predicted molar refractivity (Wildman–Crippen MR) is 113 cm³/mol. The molecule has 7 heteroatoms. The zero-order chi connectivity index (χ0) is 20.1. The number of morpholine rings is 1. The topological polar surface area (TPSA) is 75.5 Å². The molecule has 0 amide bonds. The van der Waals surface area contributed by atoms with Crippen molar-refractivity contribution in [2.75, 3.05) is 31.2 Å². The van der Waals surface area contributed by atoms with Gasteiger partial charge in [-0.05, 0) is 17.7 Å². The largest absolute Gasteiger partial charge is 0.478 e. The molecule has 3 aromatic rings. The van der Waals surface area contributed by atoms with Gasteiger partial charge in [0, 0.05) is 30.5 Å². The lowest BCUT2D eigenvalue weighted by molar-refractivity contribution is 0.0696. The number of nitrogens with zero attached hydrogens (tertiary/aromatic N) is 3. The molecule has 1 saturated heterocycles. The average Bonchev–Trinajstić information content (AvgIpc) is 2.79. The van der Waals surface area contributed by atoms with Gasteiger partial charge in [-0.3, -0.25) is 0 Å². The molecule has 1 aliphatic rings. The van der Waals surface area contributed by atoms with Crippen molar-refractivity contribution in [2.24, 2.45) is 0 Å². The van der Waals surface area contributed by atoms with Gasteiger partial charge in [0.05, 0.1) is 24.5 Å². The molecule has 2 aromatic carbocycles. The Bertz CT molecular complexity index is 992. The van der Waals surface area contributed by atoms with E-state index in [1.54, 1.807) is 18.2 Å². The fourth-order valence-corrected chi connectivity index (χ4v) is 3.93. The lowest BCUT2D eigenvalue weighted by atomic mass is 10.1. The van der Waals surface area contributed by atoms with Crippen molar-refractivity contribution in [1.82, 2.24) is 9.97 Å². The first kappa shape index (κ1) is 19.4. The van der Waals surface area contributed by atoms with E-state index in [1.165, 1.54) is 11.8 Å². The highest BCUT2D eigenvalue weighted by Crippen LogP contribution is 2.28. The van der Waals surface area contributed by atoms with E-state index in [-0.39, 0.29) is 5.56 Å². The lowest BCUT2D eigenvalue weighted by Crippen LogP contribution is -2.36. The second kappa shape index (κ2) is 9.07. The quantitative estimate of drug-likeness (QED) is 0.489. The van der Waals surface area contributed by atoms with Crippen LogP contribution in [-0.4, -0.2) is 47.3 Å². The molecule has 4 rings (SSSR count). The lowest BCUT2D eigenvalue weighted by Gasteiger charge is -2.28. The normalized spacial score (nSPS) is 14.0. The molecule has 0 saturated carbocycles. The Morgan fingerprint density at radius 3 is 2.59 bits per heavy atom. The van der Waals surface area contributed by atoms with Gasteiger partial charge in [0.25, 0.3) is 0 Å². The van der Waals surface area contributed by atoms with Crippen LogP contribution in [0.15, 0.2) is 65.8 Å². The maximum atomic E-state index is 11.2. The monoisotopic (exact) mass is 407 g/mol. The number of benzene rings is 2. The number of carbonyl (C=O) groups is 1. The van der Waals surface area contributed by atoms with Gasteiger partial charge in [-0.15, -0.1) is 0 Å². The first-order valence-corrected chi connectivity index (χ1v) is 10.4. The summed E-state index contributed by atoms with van der Waals surface area (Å²) in [5.41, 5.74) is 3.13. The standard InChI is InChI=1S/C22H21N3O3S/c26-21(27)18-8-4-5-16(13-18)15-29-22-23-19(17-6-2-1-3-7-17)14-20(24-22)25-9-11-28-12-10-25/h1-8,13-14H,9-12,15H2,(H,26,27). The predicted octanol–water partition coefficient (Wildman–Crippen LogP) is 3.97. The van der Waals surface area contributed by atoms with Gasteiger partial charge in [0.1, 0.15) is 5.82 Å². The minimum atomic E-state index is -0.922. The van der Waals surface area contributed by atoms with E-state index in [4.69, 9.17) is 14.7 Å². The van der Waals surface area contributed by atoms with Gasteiger partial charge in [0.15, 0.2) is 5.16 Å². The van der Waals surface area contributed by atoms with Gasteiger partial charge in [-0.1, -0.05) is 54.2 Å². The number of ether oxygens (including phenoxy) is 1. The number of aromatic nitrogens is 2. The van der Waals surface area contributed by atoms with Gasteiger partial charge >= 0.3 is 5.97 Å². The Hall–Kier alpha value is -2.90. The fraction of sp³-hybridized carbons (Fsp3) is 0.227. The number of hydrogen-bond acceptors (Lipinski definition) is 6. The summed E-state index contributed by atoms with van der Waals surface area (Å²) in [5.74, 6) is 0.569. The summed E-state index contributed by atoms with van der Waals surface area (Å²) >= 11 is 1.51. The Balaban J connectivity index is 1.61. The highest BCUT2D eigenvalue weighted by atomic mass is 32.2. The third kappa shape index (κ3) is 4.93. The summed E-state index contributed by atoms with van der Waals surface area (Å²) < 4.78 is 5.46. The van der Waals surface area contributed by atoms with Gasteiger partial charge in [-0.25, -0.2) is 14.8 Å². The average molecular weight is 407 g/mol. The van der Waals surface area contributed by atoms with Crippen molar-refractivity contribution in [2.45, 2.75) is 10.9 Å². The number of aromatic carboxylic acids is 1. The van der Waals surface area contributed by atoms with Crippen molar-refractivity contribution in [3.05, 3.63) is 71.8 Å². The summed E-state index contributed by atoms with van der Waals surface area (Å²) in [4.78, 5) is 22.9. The van der Waals surface area contributed by atoms with Crippen LogP contribution in [0.2, 0.25) is 0 Å². The highest BCUT2D eigenvalue weighted by molar-refractivity contribution is 7.98. The van der Waals surface area contributed by atoms with Crippen molar-refractivity contribution < 1.29 is 14.6 Å². The van der Waals surface area contributed by atoms with Gasteiger partial charge < -0.3 is 14.7 Å². The first-order valence-electron chi connectivity index (χ1n) is 9.41. The molecular formula is C22H21N3O3S. The Labute approximate surface area is 173 Å². The van der Waals surface area contributed by atoms with E-state index < -0.39 is 5.97 Å². The molecule has 148 valence electrons. The summed E-state index contributed by atoms with van der Waals surface area (Å²) in [5, 5.41) is 9.86. The molecule has 6 nitrogen and oxygen atoms in total. The zero-order valence-corrected chi connectivity index (χ0v) is 16.6. The number of carboxylic acids is 1. The van der Waals surface area contributed by atoms with Crippen LogP contribution >= 0.6 is 11.8 Å². The molecule has 1 N–H and O–H groups in total. The maximum absolute atomic E-state index is 11.2. The molecule has 1 aliphatic heterocycles. The smallest absolute Gasteiger partial charge is 0.335 e. The molecule has 0 spiro atoms. The summed E-state index contributed by atoms with van der Waals surface area (Å²) in [6, 6.07) is 19.1. The van der Waals surface area contributed by atoms with Crippen LogP contribution in [0.1, 0.15) is 15.9 Å². The van der Waals surface area contributed by atoms with E-state index in [9.17, 15) is 9.90 Å². The molecule has 2 heterocycles. The van der Waals surface area contributed by atoms with Gasteiger partial charge in [-0.2, -0.15) is 0 Å². The van der Waals surface area contributed by atoms with Crippen LogP contribution in [0.3, 0.4) is 0 Å². The van der Waals surface area contributed by atoms with Gasteiger partial charge in [0.2, 0.25) is 0 Å². The number of carboxylic acid groups (broad SMARTS) is 1. The number of thioether (sulfide) groups is 1. The van der Waals surface area contributed by atoms with Crippen LogP contribution in [0, 0.1) is 0 Å². The number of hydrogen-bond donors (Lipinski definition) is 1. The van der Waals surface area contributed by atoms with E-state index in [2.05, 4.69) is 4.90 Å². The third-order valence-corrected chi connectivity index (χ3v) is 5.56. The molecule has 0 bridgehead atoms. The molecule has 0 unspecified atom stereocenters. The molecular weight excluding hydrogens is 386 g/mol. The summed E-state index contributed by atoms with van der Waals surface area (Å²) in [6.07, 6.45) is 0. The molecule has 29 heavy (non-hydrogen) atoms. The molecule has 0 aliphatic carbocycles. The van der Waals surface area contributed by atoms with Crippen molar-refractivity contribution >= 4 is 23.5 Å². The second-order valence-electron chi connectivity index (χ2n) is 6.65. The van der Waals surface area contributed by atoms with Crippen molar-refractivity contribution in [3.8, 4) is 11.3 Å². The van der Waals surface area contributed by atoms with Crippen molar-refractivity contribution in [3.63, 3.8) is 0 Å². The Morgan fingerprint density at radius 2 is 1.83 bits per heavy atom. The summed E-state index contributed by atoms with van der Waals surface area (Å²) in [7, 11) is 0. The van der Waals surface area contributed by atoms with E-state index >= 15 is 0 Å². The number of rotatable bonds is 6. The van der Waals surface area contributed by atoms with E-state index in [0.717, 1.165) is 35.7 Å². The molecule has 0 radical (unpaired) electrons. The number of anilines is 1. The highest BCUT2D eigenvalue weighted by Gasteiger charge is 2.16. The molecule has 0 atom stereocenters. The minimum absolute atomic E-state index is 0.288. The van der Waals surface area contributed by atoms with E-state index in [1.807, 2.05) is 42.5 Å².